The number of hydrogen-bond acceptors (Lipinski definition) is 3. The first-order valence-electron chi connectivity index (χ1n) is 17.6. The molecule has 0 unspecified atom stereocenters. The van der Waals surface area contributed by atoms with Crippen molar-refractivity contribution in [2.75, 3.05) is 18.0 Å². The van der Waals surface area contributed by atoms with Gasteiger partial charge in [-0.25, -0.2) is 4.68 Å². The lowest BCUT2D eigenvalue weighted by Gasteiger charge is -2.27. The van der Waals surface area contributed by atoms with Gasteiger partial charge in [-0.2, -0.15) is 4.58 Å². The molecule has 0 bridgehead atoms. The van der Waals surface area contributed by atoms with Crippen LogP contribution in [0.1, 0.15) is 109 Å². The summed E-state index contributed by atoms with van der Waals surface area (Å²) in [4.78, 5) is 2.54. The molecule has 0 radical (unpaired) electrons. The number of para-hydroxylation sites is 2. The van der Waals surface area contributed by atoms with Crippen LogP contribution in [0, 0.1) is 0 Å². The number of hydrogen-bond donors (Lipinski definition) is 0. The molecule has 3 aromatic rings. The fourth-order valence-electron chi connectivity index (χ4n) is 8.05. The van der Waals surface area contributed by atoms with Crippen molar-refractivity contribution in [3.8, 4) is 0 Å². The van der Waals surface area contributed by atoms with Gasteiger partial charge >= 0.3 is 0 Å². The Hall–Kier alpha value is -3.99. The zero-order valence-electron chi connectivity index (χ0n) is 28.7. The van der Waals surface area contributed by atoms with Crippen LogP contribution in [0.2, 0.25) is 0 Å². The van der Waals surface area contributed by atoms with Crippen LogP contribution in [0.4, 0.5) is 11.4 Å². The molecule has 5 nitrogen and oxygen atoms in total. The Morgan fingerprint density at radius 1 is 0.870 bits per heavy atom. The first-order chi connectivity index (χ1) is 22.3. The molecule has 0 spiro atoms. The predicted octanol–water partition coefficient (Wildman–Crippen LogP) is 9.61. The van der Waals surface area contributed by atoms with Gasteiger partial charge in [0.15, 0.2) is 5.71 Å². The number of anilines is 1. The van der Waals surface area contributed by atoms with Crippen molar-refractivity contribution in [3.63, 3.8) is 0 Å². The average molecular weight is 613 g/mol. The second-order valence-corrected chi connectivity index (χ2v) is 14.6. The van der Waals surface area contributed by atoms with Gasteiger partial charge in [0.2, 0.25) is 5.69 Å². The van der Waals surface area contributed by atoms with Crippen molar-refractivity contribution in [1.82, 2.24) is 15.0 Å². The molecule has 5 heteroatoms. The van der Waals surface area contributed by atoms with Gasteiger partial charge in [0.1, 0.15) is 6.54 Å². The van der Waals surface area contributed by atoms with E-state index in [1.54, 1.807) is 0 Å². The van der Waals surface area contributed by atoms with Crippen molar-refractivity contribution >= 4 is 22.8 Å². The molecule has 2 aromatic carbocycles. The minimum absolute atomic E-state index is 0.0566. The number of rotatable bonds is 9. The van der Waals surface area contributed by atoms with Crippen LogP contribution in [0.25, 0.3) is 5.70 Å². The lowest BCUT2D eigenvalue weighted by molar-refractivity contribution is -0.437. The van der Waals surface area contributed by atoms with Crippen LogP contribution in [-0.2, 0) is 10.8 Å². The maximum Gasteiger partial charge on any atom is 0.209 e. The third kappa shape index (κ3) is 5.22. The highest BCUT2D eigenvalue weighted by Crippen LogP contribution is 2.48. The number of benzene rings is 2. The molecule has 7 rings (SSSR count). The third-order valence-corrected chi connectivity index (χ3v) is 10.6. The van der Waals surface area contributed by atoms with Crippen molar-refractivity contribution in [2.24, 2.45) is 0 Å². The van der Waals surface area contributed by atoms with Gasteiger partial charge in [-0.05, 0) is 81.2 Å². The van der Waals surface area contributed by atoms with Crippen molar-refractivity contribution in [1.29, 1.82) is 0 Å². The molecule has 2 aliphatic heterocycles. The molecule has 1 saturated carbocycles. The second kappa shape index (κ2) is 12.0. The first-order valence-corrected chi connectivity index (χ1v) is 17.6. The van der Waals surface area contributed by atoms with Crippen LogP contribution in [0.15, 0.2) is 95.9 Å². The third-order valence-electron chi connectivity index (χ3n) is 10.6. The highest BCUT2D eigenvalue weighted by molar-refractivity contribution is 6.03. The zero-order valence-corrected chi connectivity index (χ0v) is 28.7. The number of allylic oxidation sites excluding steroid dienone is 8. The molecule has 0 amide bonds. The highest BCUT2D eigenvalue weighted by atomic mass is 15.4. The molecule has 238 valence electrons. The summed E-state index contributed by atoms with van der Waals surface area (Å²) >= 11 is 0. The fourth-order valence-corrected chi connectivity index (χ4v) is 8.05. The van der Waals surface area contributed by atoms with Crippen molar-refractivity contribution < 1.29 is 4.58 Å². The molecule has 4 aliphatic rings. The number of nitrogens with zero attached hydrogens (tertiary/aromatic N) is 5. The van der Waals surface area contributed by atoms with Crippen molar-refractivity contribution in [2.45, 2.75) is 103 Å². The van der Waals surface area contributed by atoms with E-state index >= 15 is 0 Å². The summed E-state index contributed by atoms with van der Waals surface area (Å²) in [6.45, 7) is 16.1. The molecule has 0 N–H and O–H groups in total. The van der Waals surface area contributed by atoms with Crippen LogP contribution in [0.5, 0.6) is 0 Å². The van der Waals surface area contributed by atoms with Crippen molar-refractivity contribution in [3.05, 3.63) is 113 Å². The summed E-state index contributed by atoms with van der Waals surface area (Å²) in [6.07, 6.45) is 19.7. The molecule has 1 aromatic heterocycles. The Kier molecular flexibility index (Phi) is 7.99. The summed E-state index contributed by atoms with van der Waals surface area (Å²) in [5, 5.41) is 9.42. The van der Waals surface area contributed by atoms with E-state index < -0.39 is 0 Å². The number of fused-ring (bicyclic) bond motifs is 2. The van der Waals surface area contributed by atoms with E-state index in [9.17, 15) is 0 Å². The quantitative estimate of drug-likeness (QED) is 0.226. The molecule has 3 heterocycles. The summed E-state index contributed by atoms with van der Waals surface area (Å²) in [5.41, 5.74) is 13.2. The predicted molar refractivity (Wildman–Crippen MR) is 191 cm³/mol. The normalized spacial score (nSPS) is 22.1. The van der Waals surface area contributed by atoms with E-state index in [1.807, 2.05) is 0 Å². The fraction of sp³-hybridized carbons (Fsp3) is 0.439. The Balaban J connectivity index is 1.34. The lowest BCUT2D eigenvalue weighted by Crippen LogP contribution is -2.28. The molecule has 1 fully saturated rings. The minimum Gasteiger partial charge on any atom is -0.344 e. The topological polar surface area (TPSA) is 37.0 Å². The Morgan fingerprint density at radius 3 is 2.39 bits per heavy atom. The first kappa shape index (κ1) is 30.7. The maximum atomic E-state index is 4.76. The van der Waals surface area contributed by atoms with Crippen LogP contribution < -0.4 is 4.90 Å². The van der Waals surface area contributed by atoms with Gasteiger partial charge in [0.25, 0.3) is 0 Å². The van der Waals surface area contributed by atoms with E-state index in [1.165, 1.54) is 63.6 Å². The van der Waals surface area contributed by atoms with Gasteiger partial charge in [-0.15, -0.1) is 5.10 Å². The van der Waals surface area contributed by atoms with Crippen LogP contribution >= 0.6 is 0 Å². The molecule has 0 atom stereocenters. The Morgan fingerprint density at radius 2 is 1.63 bits per heavy atom. The molecular weight excluding hydrogens is 562 g/mol. The van der Waals surface area contributed by atoms with E-state index in [2.05, 4.69) is 140 Å². The SMILES string of the molecule is CCCN1/C(=C/C=C2\CCCC(/C=C/C3=[N+](CCC)c4ccccc4C3(C)C)=C2n2cc(C3CC3)nn2)C(C)(C)c2ccccc21. The molecule has 2 aliphatic carbocycles. The van der Waals surface area contributed by atoms with E-state index in [0.717, 1.165) is 50.9 Å². The Labute approximate surface area is 275 Å². The standard InChI is InChI=1S/C41H50N5/c1-7-26-44-35-18-11-9-16-32(35)40(3,4)37(44)24-22-30-14-13-15-31(39(30)46-28-34(42-43-46)29-20-21-29)23-25-38-41(5,6)33-17-10-12-19-36(33)45(38)27-8-2/h9-12,16-19,22-25,28-29H,7-8,13-15,20-21,26-27H2,1-6H3/q+1. The smallest absolute Gasteiger partial charge is 0.209 e. The van der Waals surface area contributed by atoms with Gasteiger partial charge in [0, 0.05) is 53.4 Å². The lowest BCUT2D eigenvalue weighted by atomic mass is 9.81. The zero-order chi connectivity index (χ0) is 32.1. The van der Waals surface area contributed by atoms with E-state index in [4.69, 9.17) is 5.21 Å². The monoisotopic (exact) mass is 612 g/mol. The van der Waals surface area contributed by atoms with Gasteiger partial charge in [-0.3, -0.25) is 0 Å². The maximum absolute atomic E-state index is 4.76. The summed E-state index contributed by atoms with van der Waals surface area (Å²) in [6, 6.07) is 17.9. The highest BCUT2D eigenvalue weighted by Gasteiger charge is 2.44. The summed E-state index contributed by atoms with van der Waals surface area (Å²) in [5.74, 6) is 0.572. The summed E-state index contributed by atoms with van der Waals surface area (Å²) in [7, 11) is 0. The van der Waals surface area contributed by atoms with Gasteiger partial charge < -0.3 is 4.90 Å². The average Bonchev–Trinajstić information content (AvgIpc) is 3.69. The summed E-state index contributed by atoms with van der Waals surface area (Å²) < 4.78 is 4.64. The van der Waals surface area contributed by atoms with Crippen LogP contribution in [0.3, 0.4) is 0 Å². The van der Waals surface area contributed by atoms with E-state index in [0.29, 0.717) is 5.92 Å². The van der Waals surface area contributed by atoms with Crippen LogP contribution in [-0.4, -0.2) is 38.4 Å². The molecule has 46 heavy (non-hydrogen) atoms. The number of aromatic nitrogens is 3. The van der Waals surface area contributed by atoms with Gasteiger partial charge in [0.05, 0.1) is 23.0 Å². The van der Waals surface area contributed by atoms with Gasteiger partial charge in [-0.1, -0.05) is 81.5 Å². The molecular formula is C41H50N5+. The second-order valence-electron chi connectivity index (χ2n) is 14.6. The van der Waals surface area contributed by atoms with E-state index in [-0.39, 0.29) is 10.8 Å². The minimum atomic E-state index is -0.0566. The Bertz CT molecular complexity index is 1800. The largest absolute Gasteiger partial charge is 0.344 e. The molecule has 0 saturated heterocycles.